The number of aromatic nitrogens is 1. The fraction of sp³-hybridized carbons (Fsp3) is 0.333. The minimum atomic E-state index is -0.0139. The van der Waals surface area contributed by atoms with Crippen LogP contribution < -0.4 is 5.32 Å². The van der Waals surface area contributed by atoms with Gasteiger partial charge in [0.1, 0.15) is 4.88 Å². The Kier molecular flexibility index (Phi) is 2.99. The Morgan fingerprint density at radius 2 is 2.64 bits per heavy atom. The van der Waals surface area contributed by atoms with Crippen molar-refractivity contribution in [3.63, 3.8) is 0 Å². The van der Waals surface area contributed by atoms with Crippen LogP contribution in [0.15, 0.2) is 6.20 Å². The maximum Gasteiger partial charge on any atom is 0.189 e. The lowest BCUT2D eigenvalue weighted by atomic mass is 10.3. The van der Waals surface area contributed by atoms with Crippen LogP contribution in [0.4, 0.5) is 0 Å². The lowest BCUT2D eigenvalue weighted by Gasteiger charge is -1.94. The van der Waals surface area contributed by atoms with Gasteiger partial charge in [0.2, 0.25) is 0 Å². The van der Waals surface area contributed by atoms with Crippen molar-refractivity contribution >= 4 is 28.9 Å². The predicted octanol–water partition coefficient (Wildman–Crippen LogP) is 1.20. The summed E-state index contributed by atoms with van der Waals surface area (Å²) in [4.78, 5) is 11.7. The van der Waals surface area contributed by atoms with E-state index in [1.165, 1.54) is 6.20 Å². The molecule has 0 radical (unpaired) electrons. The largest absolute Gasteiger partial charge is 0.313 e. The minimum Gasteiger partial charge on any atom is -0.313 e. The first-order chi connectivity index (χ1) is 5.25. The zero-order valence-electron chi connectivity index (χ0n) is 5.93. The van der Waals surface area contributed by atoms with Gasteiger partial charge in [0, 0.05) is 0 Å². The van der Waals surface area contributed by atoms with Gasteiger partial charge in [0.05, 0.1) is 17.8 Å². The molecule has 0 bridgehead atoms. The van der Waals surface area contributed by atoms with Crippen molar-refractivity contribution in [1.29, 1.82) is 0 Å². The fourth-order valence-electron chi connectivity index (χ4n) is 0.652. The Balaban J connectivity index is 2.76. The summed E-state index contributed by atoms with van der Waals surface area (Å²) in [6.45, 7) is 0.307. The van der Waals surface area contributed by atoms with E-state index in [1.54, 1.807) is 7.05 Å². The van der Waals surface area contributed by atoms with E-state index < -0.39 is 0 Å². The van der Waals surface area contributed by atoms with Crippen molar-refractivity contribution in [2.75, 3.05) is 13.6 Å². The average molecular weight is 191 g/mol. The smallest absolute Gasteiger partial charge is 0.189 e. The molecular weight excluding hydrogens is 184 g/mol. The molecule has 0 aromatic carbocycles. The summed E-state index contributed by atoms with van der Waals surface area (Å²) in [7, 11) is 1.72. The van der Waals surface area contributed by atoms with Crippen LogP contribution in [0, 0.1) is 0 Å². The Morgan fingerprint density at radius 3 is 3.09 bits per heavy atom. The number of halogens is 1. The Morgan fingerprint density at radius 1 is 1.91 bits per heavy atom. The molecule has 0 aliphatic heterocycles. The molecule has 0 fully saturated rings. The third-order valence-corrected chi connectivity index (χ3v) is 2.36. The maximum absolute atomic E-state index is 11.2. The van der Waals surface area contributed by atoms with Gasteiger partial charge in [-0.05, 0) is 18.6 Å². The van der Waals surface area contributed by atoms with Crippen molar-refractivity contribution in [1.82, 2.24) is 9.69 Å². The highest BCUT2D eigenvalue weighted by atomic mass is 35.5. The Labute approximate surface area is 73.5 Å². The lowest BCUT2D eigenvalue weighted by molar-refractivity contribution is 0.0997. The Bertz CT molecular complexity index is 261. The maximum atomic E-state index is 11.2. The SMILES string of the molecule is CNCC(=O)c1sncc1Cl. The molecule has 1 aromatic heterocycles. The predicted molar refractivity (Wildman–Crippen MR) is 45.4 cm³/mol. The lowest BCUT2D eigenvalue weighted by Crippen LogP contribution is -2.17. The molecule has 0 amide bonds. The highest BCUT2D eigenvalue weighted by Gasteiger charge is 2.11. The second kappa shape index (κ2) is 3.80. The topological polar surface area (TPSA) is 42.0 Å². The van der Waals surface area contributed by atoms with Crippen molar-refractivity contribution in [2.45, 2.75) is 0 Å². The number of carbonyl (C=O) groups is 1. The van der Waals surface area contributed by atoms with Crippen LogP contribution in [-0.2, 0) is 0 Å². The number of hydrogen-bond donors (Lipinski definition) is 1. The first kappa shape index (κ1) is 8.64. The highest BCUT2D eigenvalue weighted by molar-refractivity contribution is 7.08. The minimum absolute atomic E-state index is 0.0139. The van der Waals surface area contributed by atoms with Gasteiger partial charge in [0.25, 0.3) is 0 Å². The van der Waals surface area contributed by atoms with E-state index in [2.05, 4.69) is 9.69 Å². The molecule has 0 saturated heterocycles. The normalized spacial score (nSPS) is 10.0. The van der Waals surface area contributed by atoms with Crippen molar-refractivity contribution in [3.05, 3.63) is 16.1 Å². The summed E-state index contributed by atoms with van der Waals surface area (Å²) in [5.41, 5.74) is 0. The van der Waals surface area contributed by atoms with Gasteiger partial charge in [-0.3, -0.25) is 4.79 Å². The molecule has 0 aliphatic rings. The number of hydrogen-bond acceptors (Lipinski definition) is 4. The van der Waals surface area contributed by atoms with E-state index in [1.807, 2.05) is 0 Å². The molecule has 3 nitrogen and oxygen atoms in total. The van der Waals surface area contributed by atoms with Gasteiger partial charge in [0.15, 0.2) is 5.78 Å². The van der Waals surface area contributed by atoms with Crippen molar-refractivity contribution in [2.24, 2.45) is 0 Å². The molecule has 5 heteroatoms. The van der Waals surface area contributed by atoms with Gasteiger partial charge < -0.3 is 5.32 Å². The number of nitrogens with one attached hydrogen (secondary N) is 1. The van der Waals surface area contributed by atoms with Gasteiger partial charge in [-0.1, -0.05) is 11.6 Å². The van der Waals surface area contributed by atoms with Crippen LogP contribution in [0.5, 0.6) is 0 Å². The average Bonchev–Trinajstić information content (AvgIpc) is 2.36. The first-order valence-electron chi connectivity index (χ1n) is 3.03. The van der Waals surface area contributed by atoms with E-state index >= 15 is 0 Å². The first-order valence-corrected chi connectivity index (χ1v) is 4.19. The van der Waals surface area contributed by atoms with Crippen LogP contribution in [-0.4, -0.2) is 23.7 Å². The molecule has 1 aromatic rings. The van der Waals surface area contributed by atoms with Crippen LogP contribution in [0.25, 0.3) is 0 Å². The quantitative estimate of drug-likeness (QED) is 0.729. The Hall–Kier alpha value is -0.450. The molecular formula is C6H7ClN2OS. The van der Waals surface area contributed by atoms with Gasteiger partial charge >= 0.3 is 0 Å². The number of carbonyl (C=O) groups excluding carboxylic acids is 1. The summed E-state index contributed by atoms with van der Waals surface area (Å²) < 4.78 is 3.79. The number of ketones is 1. The van der Waals surface area contributed by atoms with E-state index in [0.29, 0.717) is 16.4 Å². The van der Waals surface area contributed by atoms with Crippen LogP contribution in [0.3, 0.4) is 0 Å². The van der Waals surface area contributed by atoms with E-state index in [0.717, 1.165) is 11.5 Å². The van der Waals surface area contributed by atoms with Crippen molar-refractivity contribution in [3.8, 4) is 0 Å². The summed E-state index contributed by atoms with van der Waals surface area (Å²) in [6, 6.07) is 0. The standard InChI is InChI=1S/C6H7ClN2OS/c1-8-3-5(10)6-4(7)2-9-11-6/h2,8H,3H2,1H3. The molecule has 60 valence electrons. The molecule has 11 heavy (non-hydrogen) atoms. The van der Waals surface area contributed by atoms with Gasteiger partial charge in [-0.15, -0.1) is 0 Å². The number of nitrogens with zero attached hydrogens (tertiary/aromatic N) is 1. The number of likely N-dealkylation sites (N-methyl/N-ethyl adjacent to an activating group) is 1. The number of rotatable bonds is 3. The molecule has 0 atom stereocenters. The zero-order chi connectivity index (χ0) is 8.27. The zero-order valence-corrected chi connectivity index (χ0v) is 7.50. The third-order valence-electron chi connectivity index (χ3n) is 1.12. The molecule has 1 N–H and O–H groups in total. The molecule has 0 spiro atoms. The van der Waals surface area contributed by atoms with Gasteiger partial charge in [-0.25, -0.2) is 0 Å². The molecule has 1 rings (SSSR count). The summed E-state index contributed by atoms with van der Waals surface area (Å²) in [5.74, 6) is -0.0139. The summed E-state index contributed by atoms with van der Waals surface area (Å²) in [6.07, 6.45) is 1.48. The number of Topliss-reactive ketones (excluding diaryl/α,β-unsaturated/α-hetero) is 1. The van der Waals surface area contributed by atoms with Crippen molar-refractivity contribution < 1.29 is 4.79 Å². The monoisotopic (exact) mass is 190 g/mol. The van der Waals surface area contributed by atoms with Crippen LogP contribution >= 0.6 is 23.1 Å². The molecule has 0 saturated carbocycles. The van der Waals surface area contributed by atoms with Crippen LogP contribution in [0.1, 0.15) is 9.67 Å². The second-order valence-electron chi connectivity index (χ2n) is 1.96. The van der Waals surface area contributed by atoms with E-state index in [-0.39, 0.29) is 5.78 Å². The fourth-order valence-corrected chi connectivity index (χ4v) is 1.55. The summed E-state index contributed by atoms with van der Waals surface area (Å²) in [5, 5.41) is 3.19. The second-order valence-corrected chi connectivity index (χ2v) is 3.17. The molecule has 1 heterocycles. The van der Waals surface area contributed by atoms with E-state index in [9.17, 15) is 4.79 Å². The highest BCUT2D eigenvalue weighted by Crippen LogP contribution is 2.18. The third kappa shape index (κ3) is 1.99. The summed E-state index contributed by atoms with van der Waals surface area (Å²) >= 11 is 6.80. The molecule has 0 aliphatic carbocycles. The molecule has 0 unspecified atom stereocenters. The van der Waals surface area contributed by atoms with Crippen LogP contribution in [0.2, 0.25) is 5.02 Å². The van der Waals surface area contributed by atoms with E-state index in [4.69, 9.17) is 11.6 Å². The van der Waals surface area contributed by atoms with Gasteiger partial charge in [-0.2, -0.15) is 4.37 Å².